The number of carbonyl (C=O) groups is 3. The van der Waals surface area contributed by atoms with Gasteiger partial charge in [0.25, 0.3) is 5.91 Å². The lowest BCUT2D eigenvalue weighted by Crippen LogP contribution is -2.45. The fourth-order valence-electron chi connectivity index (χ4n) is 3.88. The van der Waals surface area contributed by atoms with Crippen LogP contribution in [0.15, 0.2) is 88.2 Å². The number of carbonyl (C=O) groups excluding carboxylic acids is 3. The normalized spacial score (nSPS) is 16.1. The summed E-state index contributed by atoms with van der Waals surface area (Å²) in [6.45, 7) is 1.30. The Balaban J connectivity index is 1.69. The first-order valence-corrected chi connectivity index (χ1v) is 13.0. The largest absolute Gasteiger partial charge is 0.326 e. The second-order valence-corrected chi connectivity index (χ2v) is 10.8. The van der Waals surface area contributed by atoms with Crippen molar-refractivity contribution < 1.29 is 22.8 Å². The second kappa shape index (κ2) is 10.1. The maximum Gasteiger partial charge on any atom is 0.252 e. The van der Waals surface area contributed by atoms with E-state index < -0.39 is 27.9 Å². The minimum Gasteiger partial charge on any atom is -0.326 e. The Hall–Kier alpha value is -3.34. The van der Waals surface area contributed by atoms with Gasteiger partial charge in [0.15, 0.2) is 0 Å². The van der Waals surface area contributed by atoms with Crippen molar-refractivity contribution in [2.45, 2.75) is 30.8 Å². The zero-order valence-electron chi connectivity index (χ0n) is 18.7. The molecule has 1 fully saturated rings. The molecule has 0 bridgehead atoms. The molecule has 0 spiro atoms. The van der Waals surface area contributed by atoms with E-state index in [-0.39, 0.29) is 23.8 Å². The maximum atomic E-state index is 13.7. The Morgan fingerprint density at radius 2 is 1.63 bits per heavy atom. The van der Waals surface area contributed by atoms with E-state index in [1.165, 1.54) is 31.2 Å². The van der Waals surface area contributed by atoms with Gasteiger partial charge in [0.05, 0.1) is 17.0 Å². The third kappa shape index (κ3) is 5.34. The van der Waals surface area contributed by atoms with Gasteiger partial charge in [-0.05, 0) is 54.1 Å². The highest BCUT2D eigenvalue weighted by molar-refractivity contribution is 9.10. The van der Waals surface area contributed by atoms with Crippen LogP contribution in [0.4, 0.5) is 11.4 Å². The summed E-state index contributed by atoms with van der Waals surface area (Å²) in [5.74, 6) is -1.38. The second-order valence-electron chi connectivity index (χ2n) is 8.01. The molecule has 4 rings (SSSR count). The van der Waals surface area contributed by atoms with E-state index >= 15 is 0 Å². The van der Waals surface area contributed by atoms with Crippen molar-refractivity contribution in [2.75, 3.05) is 10.2 Å². The predicted molar refractivity (Wildman–Crippen MR) is 135 cm³/mol. The van der Waals surface area contributed by atoms with E-state index in [2.05, 4.69) is 21.2 Å². The van der Waals surface area contributed by atoms with Crippen molar-refractivity contribution in [1.82, 2.24) is 4.31 Å². The van der Waals surface area contributed by atoms with Crippen LogP contribution < -0.4 is 10.2 Å². The van der Waals surface area contributed by atoms with Crippen LogP contribution in [0.25, 0.3) is 0 Å². The number of nitrogens with zero attached hydrogens (tertiary/aromatic N) is 2. The molecule has 1 aliphatic heterocycles. The third-order valence-corrected chi connectivity index (χ3v) is 7.92. The molecule has 3 aromatic carbocycles. The molecule has 1 atom stereocenters. The average Bonchev–Trinajstić information content (AvgIpc) is 3.12. The van der Waals surface area contributed by atoms with Crippen molar-refractivity contribution in [3.63, 3.8) is 0 Å². The molecular weight excluding hydrogens is 534 g/mol. The van der Waals surface area contributed by atoms with Crippen molar-refractivity contribution in [2.24, 2.45) is 0 Å². The summed E-state index contributed by atoms with van der Waals surface area (Å²) in [5.41, 5.74) is 1.50. The number of amides is 3. The molecule has 1 heterocycles. The number of sulfonamides is 1. The number of hydrogen-bond donors (Lipinski definition) is 1. The van der Waals surface area contributed by atoms with Crippen LogP contribution in [0.3, 0.4) is 0 Å². The molecule has 1 N–H and O–H groups in total. The Morgan fingerprint density at radius 1 is 1.00 bits per heavy atom. The molecule has 1 aliphatic rings. The Labute approximate surface area is 211 Å². The van der Waals surface area contributed by atoms with Crippen LogP contribution in [-0.4, -0.2) is 36.5 Å². The summed E-state index contributed by atoms with van der Waals surface area (Å²) in [6, 6.07) is 20.1. The highest BCUT2D eigenvalue weighted by Gasteiger charge is 2.47. The van der Waals surface area contributed by atoms with Gasteiger partial charge in [0, 0.05) is 23.6 Å². The monoisotopic (exact) mass is 555 g/mol. The van der Waals surface area contributed by atoms with Crippen molar-refractivity contribution in [1.29, 1.82) is 0 Å². The fourth-order valence-corrected chi connectivity index (χ4v) is 5.71. The average molecular weight is 556 g/mol. The van der Waals surface area contributed by atoms with Crippen LogP contribution in [-0.2, 0) is 31.0 Å². The third-order valence-electron chi connectivity index (χ3n) is 5.52. The van der Waals surface area contributed by atoms with Gasteiger partial charge in [-0.3, -0.25) is 14.4 Å². The van der Waals surface area contributed by atoms with Gasteiger partial charge in [0.2, 0.25) is 21.8 Å². The standard InChI is InChI=1S/C25H22BrN3O5S/c1-17(30)27-20-9-11-21(12-10-20)29-24(31)15-23(25(29)32)28(16-18-5-3-2-4-6-18)35(33,34)22-13-7-19(26)8-14-22/h2-14,23H,15-16H2,1H3,(H,27,30). The molecule has 0 saturated carbocycles. The first kappa shape index (κ1) is 24.8. The van der Waals surface area contributed by atoms with Gasteiger partial charge in [-0.2, -0.15) is 4.31 Å². The summed E-state index contributed by atoms with van der Waals surface area (Å²) >= 11 is 3.30. The van der Waals surface area contributed by atoms with Crippen LogP contribution in [0.5, 0.6) is 0 Å². The molecule has 0 radical (unpaired) electrons. The molecule has 8 nitrogen and oxygen atoms in total. The molecule has 0 aliphatic carbocycles. The quantitative estimate of drug-likeness (QED) is 0.445. The molecular formula is C25H22BrN3O5S. The Kier molecular flexibility index (Phi) is 7.15. The Morgan fingerprint density at radius 3 is 2.23 bits per heavy atom. The van der Waals surface area contributed by atoms with E-state index in [1.54, 1.807) is 48.5 Å². The SMILES string of the molecule is CC(=O)Nc1ccc(N2C(=O)CC(N(Cc3ccccc3)S(=O)(=O)c3ccc(Br)cc3)C2=O)cc1. The molecule has 0 aromatic heterocycles. The van der Waals surface area contributed by atoms with Crippen LogP contribution in [0.2, 0.25) is 0 Å². The first-order chi connectivity index (χ1) is 16.7. The zero-order valence-corrected chi connectivity index (χ0v) is 21.1. The summed E-state index contributed by atoms with van der Waals surface area (Å²) in [4.78, 5) is 38.7. The number of nitrogens with one attached hydrogen (secondary N) is 1. The summed E-state index contributed by atoms with van der Waals surface area (Å²) in [5, 5.41) is 2.62. The van der Waals surface area contributed by atoms with Gasteiger partial charge >= 0.3 is 0 Å². The topological polar surface area (TPSA) is 104 Å². The molecule has 35 heavy (non-hydrogen) atoms. The maximum absolute atomic E-state index is 13.7. The van der Waals surface area contributed by atoms with Gasteiger partial charge < -0.3 is 5.32 Å². The summed E-state index contributed by atoms with van der Waals surface area (Å²) < 4.78 is 29.1. The van der Waals surface area contributed by atoms with Crippen LogP contribution in [0, 0.1) is 0 Å². The van der Waals surface area contributed by atoms with Gasteiger partial charge in [0.1, 0.15) is 6.04 Å². The first-order valence-electron chi connectivity index (χ1n) is 10.7. The van der Waals surface area contributed by atoms with E-state index in [1.807, 2.05) is 6.07 Å². The highest BCUT2D eigenvalue weighted by atomic mass is 79.9. The van der Waals surface area contributed by atoms with E-state index in [9.17, 15) is 22.8 Å². The van der Waals surface area contributed by atoms with Gasteiger partial charge in [-0.25, -0.2) is 13.3 Å². The molecule has 10 heteroatoms. The fraction of sp³-hybridized carbons (Fsp3) is 0.160. The number of anilines is 2. The van der Waals surface area contributed by atoms with Crippen molar-refractivity contribution >= 4 is 55.0 Å². The molecule has 3 amide bonds. The van der Waals surface area contributed by atoms with Gasteiger partial charge in [-0.15, -0.1) is 0 Å². The zero-order chi connectivity index (χ0) is 25.2. The lowest BCUT2D eigenvalue weighted by Gasteiger charge is -2.27. The molecule has 180 valence electrons. The van der Waals surface area contributed by atoms with Crippen molar-refractivity contribution in [3.8, 4) is 0 Å². The minimum absolute atomic E-state index is 0.0231. The summed E-state index contributed by atoms with van der Waals surface area (Å²) in [7, 11) is -4.12. The lowest BCUT2D eigenvalue weighted by molar-refractivity contribution is -0.122. The van der Waals surface area contributed by atoms with Crippen LogP contribution >= 0.6 is 15.9 Å². The predicted octanol–water partition coefficient (Wildman–Crippen LogP) is 3.93. The summed E-state index contributed by atoms with van der Waals surface area (Å²) in [6.07, 6.45) is -0.283. The lowest BCUT2D eigenvalue weighted by atomic mass is 10.2. The molecule has 1 saturated heterocycles. The van der Waals surface area contributed by atoms with Crippen LogP contribution in [0.1, 0.15) is 18.9 Å². The smallest absolute Gasteiger partial charge is 0.252 e. The van der Waals surface area contributed by atoms with Crippen molar-refractivity contribution in [3.05, 3.63) is 88.9 Å². The molecule has 1 unspecified atom stereocenters. The minimum atomic E-state index is -4.12. The number of rotatable bonds is 7. The van der Waals surface area contributed by atoms with E-state index in [4.69, 9.17) is 0 Å². The van der Waals surface area contributed by atoms with Gasteiger partial charge in [-0.1, -0.05) is 46.3 Å². The molecule has 3 aromatic rings. The van der Waals surface area contributed by atoms with E-state index in [0.29, 0.717) is 21.4 Å². The Bertz CT molecular complexity index is 1360. The number of halogens is 1. The number of benzene rings is 3. The number of hydrogen-bond acceptors (Lipinski definition) is 5. The van der Waals surface area contributed by atoms with E-state index in [0.717, 1.165) is 9.21 Å². The highest BCUT2D eigenvalue weighted by Crippen LogP contribution is 2.31. The number of imide groups is 1.